The summed E-state index contributed by atoms with van der Waals surface area (Å²) in [5, 5.41) is 8.67. The first-order valence-electron chi connectivity index (χ1n) is 3.95. The number of rotatable bonds is 4. The van der Waals surface area contributed by atoms with Crippen LogP contribution in [0.3, 0.4) is 0 Å². The van der Waals surface area contributed by atoms with E-state index in [-0.39, 0.29) is 13.1 Å². The standard InChI is InChI=1S/C8H12N2O4/c1-6(7(11)12)10(5-4-9-2)8(13)14-3/h6H,4-5H2,1,3H3,(H,11,12). The number of hydrogen-bond donors (Lipinski definition) is 1. The summed E-state index contributed by atoms with van der Waals surface area (Å²) >= 11 is 0. The molecule has 0 aliphatic rings. The molecule has 0 aromatic heterocycles. The maximum atomic E-state index is 11.1. The van der Waals surface area contributed by atoms with Gasteiger partial charge in [-0.05, 0) is 6.92 Å². The molecule has 0 radical (unpaired) electrons. The SMILES string of the molecule is [C-]#[N+]CCN(C(=O)OC)C(C)C(=O)O. The van der Waals surface area contributed by atoms with Crippen LogP contribution < -0.4 is 0 Å². The monoisotopic (exact) mass is 200 g/mol. The zero-order valence-corrected chi connectivity index (χ0v) is 8.06. The minimum atomic E-state index is -1.12. The Morgan fingerprint density at radius 3 is 2.57 bits per heavy atom. The molecule has 0 aromatic rings. The van der Waals surface area contributed by atoms with Gasteiger partial charge in [0.1, 0.15) is 6.04 Å². The lowest BCUT2D eigenvalue weighted by Crippen LogP contribution is -2.44. The maximum Gasteiger partial charge on any atom is 0.410 e. The van der Waals surface area contributed by atoms with Gasteiger partial charge in [-0.25, -0.2) is 16.2 Å². The van der Waals surface area contributed by atoms with E-state index in [1.165, 1.54) is 14.0 Å². The van der Waals surface area contributed by atoms with Crippen molar-refractivity contribution >= 4 is 12.1 Å². The third kappa shape index (κ3) is 3.31. The first kappa shape index (κ1) is 12.2. The molecule has 0 spiro atoms. The largest absolute Gasteiger partial charge is 0.480 e. The summed E-state index contributed by atoms with van der Waals surface area (Å²) in [4.78, 5) is 25.7. The summed E-state index contributed by atoms with van der Waals surface area (Å²) < 4.78 is 4.40. The predicted molar refractivity (Wildman–Crippen MR) is 47.7 cm³/mol. The van der Waals surface area contributed by atoms with E-state index < -0.39 is 18.1 Å². The molecule has 0 fully saturated rings. The molecule has 0 saturated heterocycles. The Morgan fingerprint density at radius 1 is 1.64 bits per heavy atom. The minimum Gasteiger partial charge on any atom is -0.480 e. The predicted octanol–water partition coefficient (Wildman–Crippen LogP) is 0.447. The fourth-order valence-electron chi connectivity index (χ4n) is 0.851. The zero-order valence-electron chi connectivity index (χ0n) is 8.06. The Morgan fingerprint density at radius 2 is 2.21 bits per heavy atom. The normalized spacial score (nSPS) is 11.2. The van der Waals surface area contributed by atoms with E-state index in [4.69, 9.17) is 11.7 Å². The van der Waals surface area contributed by atoms with Crippen molar-refractivity contribution in [1.29, 1.82) is 0 Å². The highest BCUT2D eigenvalue weighted by molar-refractivity contribution is 5.79. The Labute approximate surface area is 81.9 Å². The maximum absolute atomic E-state index is 11.1. The zero-order chi connectivity index (χ0) is 11.1. The van der Waals surface area contributed by atoms with Gasteiger partial charge in [-0.15, -0.1) is 0 Å². The van der Waals surface area contributed by atoms with Crippen LogP contribution in [0.25, 0.3) is 4.85 Å². The molecule has 14 heavy (non-hydrogen) atoms. The first-order valence-corrected chi connectivity index (χ1v) is 3.95. The highest BCUT2D eigenvalue weighted by atomic mass is 16.5. The summed E-state index contributed by atoms with van der Waals surface area (Å²) in [5.74, 6) is -1.12. The van der Waals surface area contributed by atoms with Crippen LogP contribution in [0, 0.1) is 6.57 Å². The Balaban J connectivity index is 4.47. The number of aliphatic carboxylic acids is 1. The molecule has 6 nitrogen and oxygen atoms in total. The molecule has 0 rings (SSSR count). The van der Waals surface area contributed by atoms with Crippen LogP contribution in [0.4, 0.5) is 4.79 Å². The molecule has 0 saturated carbocycles. The third-order valence-corrected chi connectivity index (χ3v) is 1.69. The smallest absolute Gasteiger partial charge is 0.410 e. The number of carboxylic acid groups (broad SMARTS) is 1. The van der Waals surface area contributed by atoms with E-state index in [1.54, 1.807) is 0 Å². The molecule has 0 aliphatic carbocycles. The van der Waals surface area contributed by atoms with Gasteiger partial charge in [0.2, 0.25) is 6.54 Å². The van der Waals surface area contributed by atoms with Gasteiger partial charge in [0.15, 0.2) is 0 Å². The average molecular weight is 200 g/mol. The molecule has 0 aliphatic heterocycles. The van der Waals surface area contributed by atoms with Crippen molar-refractivity contribution in [2.45, 2.75) is 13.0 Å². The Hall–Kier alpha value is -1.77. The number of methoxy groups -OCH3 is 1. The summed E-state index contributed by atoms with van der Waals surface area (Å²) in [6, 6.07) is -0.982. The van der Waals surface area contributed by atoms with Crippen LogP contribution in [0.15, 0.2) is 0 Å². The van der Waals surface area contributed by atoms with Crippen molar-refractivity contribution in [1.82, 2.24) is 4.90 Å². The van der Waals surface area contributed by atoms with Gasteiger partial charge in [0.25, 0.3) is 0 Å². The van der Waals surface area contributed by atoms with E-state index in [1.807, 2.05) is 0 Å². The highest BCUT2D eigenvalue weighted by Gasteiger charge is 2.26. The van der Waals surface area contributed by atoms with Crippen LogP contribution in [-0.2, 0) is 9.53 Å². The summed E-state index contributed by atoms with van der Waals surface area (Å²) in [7, 11) is 1.17. The van der Waals surface area contributed by atoms with Gasteiger partial charge in [-0.2, -0.15) is 0 Å². The topological polar surface area (TPSA) is 71.2 Å². The Kier molecular flexibility index (Phi) is 5.07. The van der Waals surface area contributed by atoms with Crippen LogP contribution in [-0.4, -0.2) is 48.3 Å². The summed E-state index contributed by atoms with van der Waals surface area (Å²) in [6.45, 7) is 8.03. The third-order valence-electron chi connectivity index (χ3n) is 1.69. The molecule has 1 unspecified atom stereocenters. The molecule has 0 aromatic carbocycles. The van der Waals surface area contributed by atoms with Gasteiger partial charge in [0.05, 0.1) is 13.7 Å². The number of carbonyl (C=O) groups is 2. The van der Waals surface area contributed by atoms with E-state index in [0.29, 0.717) is 0 Å². The van der Waals surface area contributed by atoms with E-state index in [9.17, 15) is 9.59 Å². The molecule has 6 heteroatoms. The van der Waals surface area contributed by atoms with Gasteiger partial charge in [-0.3, -0.25) is 4.90 Å². The van der Waals surface area contributed by atoms with Crippen LogP contribution in [0.2, 0.25) is 0 Å². The lowest BCUT2D eigenvalue weighted by Gasteiger charge is -2.22. The molecular weight excluding hydrogens is 188 g/mol. The fraction of sp³-hybridized carbons (Fsp3) is 0.625. The van der Waals surface area contributed by atoms with Crippen molar-refractivity contribution < 1.29 is 19.4 Å². The van der Waals surface area contributed by atoms with E-state index in [0.717, 1.165) is 4.90 Å². The molecular formula is C8H12N2O4. The quantitative estimate of drug-likeness (QED) is 0.669. The molecule has 1 N–H and O–H groups in total. The number of ether oxygens (including phenoxy) is 1. The van der Waals surface area contributed by atoms with Crippen molar-refractivity contribution in [3.63, 3.8) is 0 Å². The van der Waals surface area contributed by atoms with Crippen LogP contribution in [0.5, 0.6) is 0 Å². The minimum absolute atomic E-state index is 0.0592. The van der Waals surface area contributed by atoms with Crippen molar-refractivity contribution in [3.05, 3.63) is 11.4 Å². The molecule has 1 amide bonds. The summed E-state index contributed by atoms with van der Waals surface area (Å²) in [5.41, 5.74) is 0. The van der Waals surface area contributed by atoms with Crippen molar-refractivity contribution in [2.24, 2.45) is 0 Å². The van der Waals surface area contributed by atoms with Crippen molar-refractivity contribution in [3.8, 4) is 0 Å². The number of amides is 1. The Bertz CT molecular complexity index is 259. The number of carbonyl (C=O) groups excluding carboxylic acids is 1. The van der Waals surface area contributed by atoms with Gasteiger partial charge >= 0.3 is 12.1 Å². The summed E-state index contributed by atoms with van der Waals surface area (Å²) in [6.07, 6.45) is -0.733. The second-order valence-corrected chi connectivity index (χ2v) is 2.56. The second kappa shape index (κ2) is 5.80. The lowest BCUT2D eigenvalue weighted by molar-refractivity contribution is -0.141. The van der Waals surface area contributed by atoms with E-state index in [2.05, 4.69) is 9.58 Å². The van der Waals surface area contributed by atoms with Gasteiger partial charge in [-0.1, -0.05) is 0 Å². The fourth-order valence-corrected chi connectivity index (χ4v) is 0.851. The van der Waals surface area contributed by atoms with Gasteiger partial charge < -0.3 is 14.7 Å². The highest BCUT2D eigenvalue weighted by Crippen LogP contribution is 2.01. The lowest BCUT2D eigenvalue weighted by atomic mass is 10.3. The van der Waals surface area contributed by atoms with E-state index >= 15 is 0 Å². The average Bonchev–Trinajstić information content (AvgIpc) is 2.17. The first-order chi connectivity index (χ1) is 6.54. The van der Waals surface area contributed by atoms with Gasteiger partial charge in [0, 0.05) is 0 Å². The molecule has 1 atom stereocenters. The molecule has 0 bridgehead atoms. The number of nitrogens with zero attached hydrogens (tertiary/aromatic N) is 2. The molecule has 0 heterocycles. The second-order valence-electron chi connectivity index (χ2n) is 2.56. The van der Waals surface area contributed by atoms with Crippen LogP contribution in [0.1, 0.15) is 6.92 Å². The molecule has 78 valence electrons. The van der Waals surface area contributed by atoms with Crippen molar-refractivity contribution in [2.75, 3.05) is 20.2 Å². The van der Waals surface area contributed by atoms with Crippen LogP contribution >= 0.6 is 0 Å². The number of hydrogen-bond acceptors (Lipinski definition) is 3. The number of carboxylic acids is 1.